The summed E-state index contributed by atoms with van der Waals surface area (Å²) in [5, 5.41) is 3.44. The minimum atomic E-state index is -0.240. The molecule has 1 N–H and O–H groups in total. The summed E-state index contributed by atoms with van der Waals surface area (Å²) in [5.74, 6) is 1.46. The first-order valence-electron chi connectivity index (χ1n) is 7.68. The second-order valence-electron chi connectivity index (χ2n) is 5.99. The van der Waals surface area contributed by atoms with Crippen molar-refractivity contribution in [3.63, 3.8) is 0 Å². The van der Waals surface area contributed by atoms with Crippen molar-refractivity contribution >= 4 is 11.6 Å². The van der Waals surface area contributed by atoms with Crippen molar-refractivity contribution in [3.05, 3.63) is 42.2 Å². The molecule has 3 heterocycles. The number of halogens is 1. The smallest absolute Gasteiger partial charge is 0.145 e. The van der Waals surface area contributed by atoms with E-state index in [0.717, 1.165) is 31.1 Å². The van der Waals surface area contributed by atoms with Crippen molar-refractivity contribution in [2.45, 2.75) is 19.0 Å². The average molecular weight is 316 g/mol. The summed E-state index contributed by atoms with van der Waals surface area (Å²) in [6.07, 6.45) is 5.48. The standard InChI is InChI=1S/C16H21FN6/c1-22(2)16-7-15(19-11-20-16)21-13-4-6-23(10-13)9-12-3-5-18-8-14(12)17/h3,5,7-8,11,13H,4,6,9-10H2,1-2H3,(H,19,20,21). The van der Waals surface area contributed by atoms with Crippen LogP contribution in [0, 0.1) is 5.82 Å². The van der Waals surface area contributed by atoms with Gasteiger partial charge in [0.2, 0.25) is 0 Å². The maximum Gasteiger partial charge on any atom is 0.145 e. The molecule has 3 rings (SSSR count). The van der Waals surface area contributed by atoms with Crippen LogP contribution in [0.15, 0.2) is 30.9 Å². The molecule has 122 valence electrons. The molecule has 6 nitrogen and oxygen atoms in total. The first-order valence-corrected chi connectivity index (χ1v) is 7.68. The average Bonchev–Trinajstić information content (AvgIpc) is 2.97. The highest BCUT2D eigenvalue weighted by Crippen LogP contribution is 2.19. The Hall–Kier alpha value is -2.28. The molecule has 1 unspecified atom stereocenters. The van der Waals surface area contributed by atoms with Gasteiger partial charge in [-0.3, -0.25) is 9.88 Å². The van der Waals surface area contributed by atoms with Gasteiger partial charge >= 0.3 is 0 Å². The van der Waals surface area contributed by atoms with Crippen molar-refractivity contribution in [2.24, 2.45) is 0 Å². The highest BCUT2D eigenvalue weighted by atomic mass is 19.1. The number of anilines is 2. The lowest BCUT2D eigenvalue weighted by molar-refractivity contribution is 0.322. The predicted molar refractivity (Wildman–Crippen MR) is 87.9 cm³/mol. The third-order valence-electron chi connectivity index (χ3n) is 3.99. The fraction of sp³-hybridized carbons (Fsp3) is 0.438. The minimum absolute atomic E-state index is 0.240. The summed E-state index contributed by atoms with van der Waals surface area (Å²) in [7, 11) is 3.90. The molecule has 1 fully saturated rings. The van der Waals surface area contributed by atoms with E-state index in [0.29, 0.717) is 18.2 Å². The van der Waals surface area contributed by atoms with Gasteiger partial charge in [0, 0.05) is 57.6 Å². The Morgan fingerprint density at radius 1 is 1.39 bits per heavy atom. The fourth-order valence-corrected chi connectivity index (χ4v) is 2.75. The number of pyridine rings is 1. The van der Waals surface area contributed by atoms with Crippen molar-refractivity contribution in [2.75, 3.05) is 37.4 Å². The van der Waals surface area contributed by atoms with Gasteiger partial charge in [-0.25, -0.2) is 14.4 Å². The summed E-state index contributed by atoms with van der Waals surface area (Å²) in [6, 6.07) is 3.99. The maximum atomic E-state index is 13.7. The molecule has 2 aromatic heterocycles. The van der Waals surface area contributed by atoms with Gasteiger partial charge in [0.05, 0.1) is 6.20 Å². The Kier molecular flexibility index (Phi) is 4.66. The predicted octanol–water partition coefficient (Wildman–Crippen LogP) is 1.76. The number of hydrogen-bond acceptors (Lipinski definition) is 6. The fourth-order valence-electron chi connectivity index (χ4n) is 2.75. The molecule has 0 radical (unpaired) electrons. The topological polar surface area (TPSA) is 57.2 Å². The van der Waals surface area contributed by atoms with Gasteiger partial charge in [-0.15, -0.1) is 0 Å². The number of aromatic nitrogens is 3. The highest BCUT2D eigenvalue weighted by molar-refractivity contribution is 5.48. The molecule has 0 amide bonds. The quantitative estimate of drug-likeness (QED) is 0.907. The molecule has 23 heavy (non-hydrogen) atoms. The van der Waals surface area contributed by atoms with Crippen LogP contribution in [0.25, 0.3) is 0 Å². The van der Waals surface area contributed by atoms with Crippen LogP contribution in [0.2, 0.25) is 0 Å². The van der Waals surface area contributed by atoms with Crippen LogP contribution in [0.1, 0.15) is 12.0 Å². The number of nitrogens with zero attached hydrogens (tertiary/aromatic N) is 5. The van der Waals surface area contributed by atoms with Crippen LogP contribution in [-0.4, -0.2) is 53.1 Å². The van der Waals surface area contributed by atoms with Gasteiger partial charge in [-0.05, 0) is 12.5 Å². The zero-order valence-electron chi connectivity index (χ0n) is 13.4. The largest absolute Gasteiger partial charge is 0.366 e. The zero-order chi connectivity index (χ0) is 16.2. The van der Waals surface area contributed by atoms with Gasteiger partial charge in [-0.2, -0.15) is 0 Å². The molecule has 1 atom stereocenters. The van der Waals surface area contributed by atoms with Crippen molar-refractivity contribution in [3.8, 4) is 0 Å². The lowest BCUT2D eigenvalue weighted by atomic mass is 10.2. The van der Waals surface area contributed by atoms with E-state index in [4.69, 9.17) is 0 Å². The molecule has 0 spiro atoms. The SMILES string of the molecule is CN(C)c1cc(NC2CCN(Cc3ccncc3F)C2)ncn1. The maximum absolute atomic E-state index is 13.7. The normalized spacial score (nSPS) is 18.1. The van der Waals surface area contributed by atoms with Crippen LogP contribution in [0.5, 0.6) is 0 Å². The van der Waals surface area contributed by atoms with Crippen LogP contribution >= 0.6 is 0 Å². The molecule has 0 saturated carbocycles. The number of nitrogens with one attached hydrogen (secondary N) is 1. The van der Waals surface area contributed by atoms with E-state index in [1.54, 1.807) is 18.6 Å². The second kappa shape index (κ2) is 6.87. The van der Waals surface area contributed by atoms with E-state index in [-0.39, 0.29) is 5.82 Å². The monoisotopic (exact) mass is 316 g/mol. The molecule has 2 aromatic rings. The lowest BCUT2D eigenvalue weighted by Crippen LogP contribution is -2.26. The zero-order valence-corrected chi connectivity index (χ0v) is 13.4. The summed E-state index contributed by atoms with van der Waals surface area (Å²) >= 11 is 0. The van der Waals surface area contributed by atoms with Crippen molar-refractivity contribution in [1.29, 1.82) is 0 Å². The van der Waals surface area contributed by atoms with Crippen LogP contribution < -0.4 is 10.2 Å². The van der Waals surface area contributed by atoms with Crippen LogP contribution in [0.4, 0.5) is 16.0 Å². The number of rotatable bonds is 5. The second-order valence-corrected chi connectivity index (χ2v) is 5.99. The minimum Gasteiger partial charge on any atom is -0.366 e. The van der Waals surface area contributed by atoms with Gasteiger partial charge in [0.15, 0.2) is 0 Å². The molecule has 1 saturated heterocycles. The van der Waals surface area contributed by atoms with Gasteiger partial charge in [-0.1, -0.05) is 0 Å². The Bertz CT molecular complexity index is 663. The van der Waals surface area contributed by atoms with E-state index >= 15 is 0 Å². The Morgan fingerprint density at radius 2 is 2.26 bits per heavy atom. The first-order chi connectivity index (χ1) is 11.1. The van der Waals surface area contributed by atoms with E-state index in [9.17, 15) is 4.39 Å². The summed E-state index contributed by atoms with van der Waals surface area (Å²) in [4.78, 5) is 16.5. The third kappa shape index (κ3) is 3.92. The Labute approximate surface area is 135 Å². The number of likely N-dealkylation sites (tertiary alicyclic amines) is 1. The van der Waals surface area contributed by atoms with Crippen LogP contribution in [0.3, 0.4) is 0 Å². The molecule has 0 bridgehead atoms. The Morgan fingerprint density at radius 3 is 3.04 bits per heavy atom. The third-order valence-corrected chi connectivity index (χ3v) is 3.99. The number of hydrogen-bond donors (Lipinski definition) is 1. The first kappa shape index (κ1) is 15.6. The molecule has 0 aromatic carbocycles. The van der Waals surface area contributed by atoms with E-state index in [1.807, 2.05) is 25.1 Å². The summed E-state index contributed by atoms with van der Waals surface area (Å²) in [5.41, 5.74) is 0.692. The molecule has 7 heteroatoms. The van der Waals surface area contributed by atoms with Crippen LogP contribution in [-0.2, 0) is 6.54 Å². The molecular weight excluding hydrogens is 295 g/mol. The molecule has 1 aliphatic heterocycles. The van der Waals surface area contributed by atoms with Gasteiger partial charge in [0.25, 0.3) is 0 Å². The Balaban J connectivity index is 1.58. The summed E-state index contributed by atoms with van der Waals surface area (Å²) < 4.78 is 13.7. The van der Waals surface area contributed by atoms with Gasteiger partial charge < -0.3 is 10.2 Å². The van der Waals surface area contributed by atoms with E-state index in [2.05, 4.69) is 25.2 Å². The molecular formula is C16H21FN6. The molecule has 1 aliphatic rings. The lowest BCUT2D eigenvalue weighted by Gasteiger charge is -2.18. The van der Waals surface area contributed by atoms with E-state index < -0.39 is 0 Å². The molecule has 0 aliphatic carbocycles. The highest BCUT2D eigenvalue weighted by Gasteiger charge is 2.23. The van der Waals surface area contributed by atoms with Crippen molar-refractivity contribution in [1.82, 2.24) is 19.9 Å². The van der Waals surface area contributed by atoms with Crippen molar-refractivity contribution < 1.29 is 4.39 Å². The van der Waals surface area contributed by atoms with Gasteiger partial charge in [0.1, 0.15) is 23.8 Å². The summed E-state index contributed by atoms with van der Waals surface area (Å²) in [6.45, 7) is 2.41. The van der Waals surface area contributed by atoms with E-state index in [1.165, 1.54) is 6.20 Å².